The summed E-state index contributed by atoms with van der Waals surface area (Å²) in [6.07, 6.45) is 3.45. The number of rotatable bonds is 5. The maximum Gasteiger partial charge on any atom is 0.317 e. The number of nitrogens with zero attached hydrogens (tertiary/aromatic N) is 2. The summed E-state index contributed by atoms with van der Waals surface area (Å²) >= 11 is 0. The summed E-state index contributed by atoms with van der Waals surface area (Å²) in [7, 11) is 0. The summed E-state index contributed by atoms with van der Waals surface area (Å²) < 4.78 is 0. The van der Waals surface area contributed by atoms with Gasteiger partial charge in [-0.05, 0) is 36.0 Å². The molecule has 1 fully saturated rings. The molecule has 6 heteroatoms. The first kappa shape index (κ1) is 18.5. The lowest BCUT2D eigenvalue weighted by Crippen LogP contribution is -2.48. The second-order valence-corrected chi connectivity index (χ2v) is 7.47. The van der Waals surface area contributed by atoms with E-state index in [-0.39, 0.29) is 18.6 Å². The molecule has 2 amide bonds. The fraction of sp³-hybridized carbons (Fsp3) is 0.364. The molecule has 2 atom stereocenters. The number of hydrogen-bond acceptors (Lipinski definition) is 3. The van der Waals surface area contributed by atoms with E-state index >= 15 is 0 Å². The van der Waals surface area contributed by atoms with E-state index in [9.17, 15) is 9.90 Å². The van der Waals surface area contributed by atoms with Crippen molar-refractivity contribution in [3.63, 3.8) is 0 Å². The number of fused-ring (bicyclic) bond motifs is 1. The summed E-state index contributed by atoms with van der Waals surface area (Å²) in [6, 6.07) is 16.4. The van der Waals surface area contributed by atoms with Crippen molar-refractivity contribution in [3.05, 3.63) is 65.9 Å². The van der Waals surface area contributed by atoms with Crippen LogP contribution in [-0.2, 0) is 6.42 Å². The Hall–Kier alpha value is -2.86. The largest absolute Gasteiger partial charge is 0.396 e. The number of nitrogens with one attached hydrogen (secondary N) is 2. The molecule has 0 saturated carbocycles. The van der Waals surface area contributed by atoms with Crippen LogP contribution in [0.5, 0.6) is 0 Å². The lowest BCUT2D eigenvalue weighted by Gasteiger charge is -2.38. The predicted molar refractivity (Wildman–Crippen MR) is 109 cm³/mol. The molecule has 3 N–H and O–H groups in total. The number of hydrogen-bond donors (Lipinski definition) is 3. The van der Waals surface area contributed by atoms with Gasteiger partial charge in [-0.15, -0.1) is 0 Å². The van der Waals surface area contributed by atoms with E-state index in [1.165, 1.54) is 5.56 Å². The zero-order chi connectivity index (χ0) is 19.3. The third-order valence-corrected chi connectivity index (χ3v) is 5.68. The van der Waals surface area contributed by atoms with Gasteiger partial charge in [0.25, 0.3) is 0 Å². The summed E-state index contributed by atoms with van der Waals surface area (Å²) in [6.45, 7) is 1.97. The summed E-state index contributed by atoms with van der Waals surface area (Å²) in [5, 5.41) is 21.0. The lowest BCUT2D eigenvalue weighted by molar-refractivity contribution is 0.114. The van der Waals surface area contributed by atoms with Crippen LogP contribution in [-0.4, -0.2) is 52.5 Å². The number of piperidine rings is 1. The molecule has 4 rings (SSSR count). The Kier molecular flexibility index (Phi) is 5.58. The van der Waals surface area contributed by atoms with Crippen molar-refractivity contribution >= 4 is 16.9 Å². The third kappa shape index (κ3) is 4.02. The number of amides is 2. The molecule has 0 bridgehead atoms. The van der Waals surface area contributed by atoms with Crippen molar-refractivity contribution in [2.45, 2.75) is 18.8 Å². The van der Waals surface area contributed by atoms with Crippen molar-refractivity contribution in [3.8, 4) is 0 Å². The van der Waals surface area contributed by atoms with Gasteiger partial charge in [0.1, 0.15) is 0 Å². The minimum Gasteiger partial charge on any atom is -0.396 e. The Morgan fingerprint density at radius 3 is 2.93 bits per heavy atom. The van der Waals surface area contributed by atoms with Gasteiger partial charge in [-0.2, -0.15) is 5.10 Å². The molecule has 1 aromatic heterocycles. The number of aliphatic hydroxyl groups is 1. The van der Waals surface area contributed by atoms with E-state index in [2.05, 4.69) is 39.8 Å². The van der Waals surface area contributed by atoms with Gasteiger partial charge in [-0.25, -0.2) is 4.79 Å². The molecule has 3 aromatic rings. The number of likely N-dealkylation sites (tertiary alicyclic amines) is 1. The van der Waals surface area contributed by atoms with Gasteiger partial charge in [0.05, 0.1) is 11.7 Å². The van der Waals surface area contributed by atoms with E-state index in [1.807, 2.05) is 29.2 Å². The van der Waals surface area contributed by atoms with Crippen LogP contribution >= 0.6 is 0 Å². The Morgan fingerprint density at radius 1 is 1.25 bits per heavy atom. The average molecular weight is 378 g/mol. The first-order chi connectivity index (χ1) is 13.7. The van der Waals surface area contributed by atoms with Crippen LogP contribution in [0.15, 0.2) is 54.7 Å². The summed E-state index contributed by atoms with van der Waals surface area (Å²) in [5.74, 6) is 0.376. The van der Waals surface area contributed by atoms with Crippen LogP contribution in [0.3, 0.4) is 0 Å². The number of H-pyrrole nitrogens is 1. The molecule has 2 heterocycles. The van der Waals surface area contributed by atoms with Gasteiger partial charge in [-0.1, -0.05) is 42.5 Å². The van der Waals surface area contributed by atoms with Gasteiger partial charge in [0, 0.05) is 37.5 Å². The van der Waals surface area contributed by atoms with E-state index in [0.29, 0.717) is 25.6 Å². The van der Waals surface area contributed by atoms with Crippen LogP contribution < -0.4 is 5.32 Å². The van der Waals surface area contributed by atoms with E-state index < -0.39 is 0 Å². The Balaban J connectivity index is 1.30. The van der Waals surface area contributed by atoms with Crippen molar-refractivity contribution in [2.75, 3.05) is 26.2 Å². The highest BCUT2D eigenvalue weighted by atomic mass is 16.3. The number of carbonyl (C=O) groups excluding carboxylic acids is 1. The highest BCUT2D eigenvalue weighted by Gasteiger charge is 2.31. The Labute approximate surface area is 164 Å². The molecule has 6 nitrogen and oxygen atoms in total. The third-order valence-electron chi connectivity index (χ3n) is 5.68. The van der Waals surface area contributed by atoms with Crippen LogP contribution in [0.1, 0.15) is 23.5 Å². The molecule has 2 aromatic carbocycles. The molecular weight excluding hydrogens is 352 g/mol. The van der Waals surface area contributed by atoms with E-state index in [4.69, 9.17) is 0 Å². The smallest absolute Gasteiger partial charge is 0.317 e. The molecule has 146 valence electrons. The van der Waals surface area contributed by atoms with E-state index in [1.54, 1.807) is 6.20 Å². The van der Waals surface area contributed by atoms with Gasteiger partial charge >= 0.3 is 6.03 Å². The highest BCUT2D eigenvalue weighted by molar-refractivity contribution is 5.78. The van der Waals surface area contributed by atoms with E-state index in [0.717, 1.165) is 29.3 Å². The fourth-order valence-corrected chi connectivity index (χ4v) is 4.11. The topological polar surface area (TPSA) is 81.2 Å². The number of urea groups is 1. The van der Waals surface area contributed by atoms with Crippen LogP contribution in [0, 0.1) is 5.92 Å². The van der Waals surface area contributed by atoms with Gasteiger partial charge in [-0.3, -0.25) is 5.10 Å². The number of aromatic nitrogens is 2. The zero-order valence-electron chi connectivity index (χ0n) is 15.8. The van der Waals surface area contributed by atoms with Gasteiger partial charge in [0.15, 0.2) is 0 Å². The molecule has 1 aliphatic rings. The Morgan fingerprint density at radius 2 is 2.11 bits per heavy atom. The van der Waals surface area contributed by atoms with Crippen molar-refractivity contribution < 1.29 is 9.90 Å². The molecule has 1 aliphatic heterocycles. The second-order valence-electron chi connectivity index (χ2n) is 7.47. The van der Waals surface area contributed by atoms with Crippen molar-refractivity contribution in [1.82, 2.24) is 20.4 Å². The predicted octanol–water partition coefficient (Wildman–Crippen LogP) is 2.91. The maximum atomic E-state index is 12.6. The standard InChI is InChI=1S/C22H26N4O2/c27-15-19-14-26(11-9-20(19)17-4-2-1-3-5-17)22(28)23-10-8-16-6-7-18-13-24-25-21(18)12-16/h1-7,12-13,19-20,27H,8-11,14-15H2,(H,23,28)(H,24,25)/t19-,20+/m1/s1. The van der Waals surface area contributed by atoms with Crippen molar-refractivity contribution in [1.29, 1.82) is 0 Å². The SMILES string of the molecule is O=C(NCCc1ccc2cn[nH]c2c1)N1CC[C@@H](c2ccccc2)[C@@H](CO)C1. The minimum absolute atomic E-state index is 0.0485. The Bertz CT molecular complexity index is 924. The molecule has 0 radical (unpaired) electrons. The normalized spacial score (nSPS) is 19.7. The monoisotopic (exact) mass is 378 g/mol. The molecule has 0 spiro atoms. The van der Waals surface area contributed by atoms with Gasteiger partial charge in [0.2, 0.25) is 0 Å². The van der Waals surface area contributed by atoms with Crippen LogP contribution in [0.25, 0.3) is 10.9 Å². The van der Waals surface area contributed by atoms with Crippen molar-refractivity contribution in [2.24, 2.45) is 5.92 Å². The quantitative estimate of drug-likeness (QED) is 0.638. The molecule has 28 heavy (non-hydrogen) atoms. The first-order valence-corrected chi connectivity index (χ1v) is 9.85. The lowest BCUT2D eigenvalue weighted by atomic mass is 9.81. The summed E-state index contributed by atoms with van der Waals surface area (Å²) in [4.78, 5) is 14.4. The number of aliphatic hydroxyl groups excluding tert-OH is 1. The number of benzene rings is 2. The molecule has 0 unspecified atom stereocenters. The second kappa shape index (κ2) is 8.44. The highest BCUT2D eigenvalue weighted by Crippen LogP contribution is 2.32. The zero-order valence-corrected chi connectivity index (χ0v) is 15.8. The minimum atomic E-state index is -0.0485. The average Bonchev–Trinajstić information content (AvgIpc) is 3.21. The van der Waals surface area contributed by atoms with Crippen LogP contribution in [0.2, 0.25) is 0 Å². The van der Waals surface area contributed by atoms with Gasteiger partial charge < -0.3 is 15.3 Å². The number of aromatic amines is 1. The van der Waals surface area contributed by atoms with Crippen LogP contribution in [0.4, 0.5) is 4.79 Å². The maximum absolute atomic E-state index is 12.6. The molecule has 1 saturated heterocycles. The number of carbonyl (C=O) groups is 1. The summed E-state index contributed by atoms with van der Waals surface area (Å²) in [5.41, 5.74) is 3.42. The molecule has 0 aliphatic carbocycles. The molecular formula is C22H26N4O2. The first-order valence-electron chi connectivity index (χ1n) is 9.85. The fourth-order valence-electron chi connectivity index (χ4n) is 4.11.